The van der Waals surface area contributed by atoms with E-state index in [1.54, 1.807) is 27.8 Å². The third kappa shape index (κ3) is 10.8. The molecule has 12 heteroatoms. The van der Waals surface area contributed by atoms with E-state index in [2.05, 4.69) is 12.2 Å². The number of fused-ring (bicyclic) bond motifs is 1. The summed E-state index contributed by atoms with van der Waals surface area (Å²) in [6, 6.07) is 5.24. The van der Waals surface area contributed by atoms with Gasteiger partial charge in [0.25, 0.3) is 5.91 Å². The molecule has 1 N–H and O–H groups in total. The van der Waals surface area contributed by atoms with Gasteiger partial charge in [-0.15, -0.1) is 0 Å². The van der Waals surface area contributed by atoms with Crippen LogP contribution in [0.3, 0.4) is 0 Å². The molecule has 0 radical (unpaired) electrons. The first-order valence-corrected chi connectivity index (χ1v) is 19.6. The average molecular weight is 741 g/mol. The van der Waals surface area contributed by atoms with Crippen molar-refractivity contribution in [2.45, 2.75) is 143 Å². The third-order valence-electron chi connectivity index (χ3n) is 11.0. The van der Waals surface area contributed by atoms with Gasteiger partial charge in [-0.25, -0.2) is 9.59 Å². The quantitative estimate of drug-likeness (QED) is 0.267. The summed E-state index contributed by atoms with van der Waals surface area (Å²) in [6.45, 7) is 15.0. The molecule has 2 heterocycles. The number of rotatable bonds is 10. The van der Waals surface area contributed by atoms with Crippen molar-refractivity contribution in [3.8, 4) is 0 Å². The van der Waals surface area contributed by atoms with Gasteiger partial charge in [-0.1, -0.05) is 105 Å². The van der Waals surface area contributed by atoms with Crippen LogP contribution in [0.15, 0.2) is 30.3 Å². The van der Waals surface area contributed by atoms with Gasteiger partial charge in [0.05, 0.1) is 5.92 Å². The lowest BCUT2D eigenvalue weighted by atomic mass is 9.94. The van der Waals surface area contributed by atoms with Crippen molar-refractivity contribution in [1.82, 2.24) is 20.0 Å². The monoisotopic (exact) mass is 740 g/mol. The number of hydrogen-bond acceptors (Lipinski definition) is 8. The molecule has 0 saturated carbocycles. The molecule has 0 aliphatic carbocycles. The van der Waals surface area contributed by atoms with Crippen LogP contribution in [0.2, 0.25) is 0 Å². The van der Waals surface area contributed by atoms with Crippen LogP contribution in [-0.2, 0) is 44.7 Å². The fourth-order valence-corrected chi connectivity index (χ4v) is 7.48. The summed E-state index contributed by atoms with van der Waals surface area (Å²) in [5.41, 5.74) is 0.756. The van der Waals surface area contributed by atoms with Gasteiger partial charge in [0.15, 0.2) is 6.10 Å². The maximum absolute atomic E-state index is 14.5. The van der Waals surface area contributed by atoms with Gasteiger partial charge in [-0.05, 0) is 49.0 Å². The largest absolute Gasteiger partial charge is 0.460 e. The van der Waals surface area contributed by atoms with E-state index in [1.165, 1.54) is 21.7 Å². The summed E-state index contributed by atoms with van der Waals surface area (Å²) in [7, 11) is 3.07. The summed E-state index contributed by atoms with van der Waals surface area (Å²) < 4.78 is 12.3. The Morgan fingerprint density at radius 2 is 1.42 bits per heavy atom. The highest BCUT2D eigenvalue weighted by Gasteiger charge is 2.45. The van der Waals surface area contributed by atoms with E-state index in [0.717, 1.165) is 18.4 Å². The van der Waals surface area contributed by atoms with Crippen molar-refractivity contribution >= 4 is 35.6 Å². The zero-order valence-electron chi connectivity index (χ0n) is 33.6. The van der Waals surface area contributed by atoms with Gasteiger partial charge in [0.2, 0.25) is 17.7 Å². The van der Waals surface area contributed by atoms with Crippen LogP contribution in [0.4, 0.5) is 0 Å². The van der Waals surface area contributed by atoms with Crippen molar-refractivity contribution in [1.29, 1.82) is 0 Å². The summed E-state index contributed by atoms with van der Waals surface area (Å²) in [5.74, 6) is -5.10. The van der Waals surface area contributed by atoms with E-state index >= 15 is 0 Å². The van der Waals surface area contributed by atoms with Crippen molar-refractivity contribution < 1.29 is 38.2 Å². The van der Waals surface area contributed by atoms with Crippen molar-refractivity contribution in [3.63, 3.8) is 0 Å². The fraction of sp³-hybridized carbons (Fsp3) is 0.707. The van der Waals surface area contributed by atoms with E-state index in [9.17, 15) is 28.8 Å². The lowest BCUT2D eigenvalue weighted by Gasteiger charge is -2.36. The molecule has 2 aliphatic rings. The average Bonchev–Trinajstić information content (AvgIpc) is 3.61. The maximum Gasteiger partial charge on any atom is 0.329 e. The fourth-order valence-electron chi connectivity index (χ4n) is 7.48. The SMILES string of the molecule is CCCCC[C@H]1OC(=O)[C@H]([C@@H](C)CC)N(C)C(=O)[C@@H]2CCCN2C(=O)[C@H](Cc2ccccc2)OC(=O)[C@H](C(C)C)N(C)C(=O)[C@H](C(C)C)NC(=O)[C@H]1C. The van der Waals surface area contributed by atoms with Gasteiger partial charge < -0.3 is 29.5 Å². The second kappa shape index (κ2) is 19.9. The molecule has 4 amide bonds. The topological polar surface area (TPSA) is 143 Å². The van der Waals surface area contributed by atoms with Gasteiger partial charge in [0.1, 0.15) is 30.3 Å². The Morgan fingerprint density at radius 3 is 2.00 bits per heavy atom. The molecule has 12 nitrogen and oxygen atoms in total. The second-order valence-electron chi connectivity index (χ2n) is 15.7. The highest BCUT2D eigenvalue weighted by molar-refractivity contribution is 5.95. The summed E-state index contributed by atoms with van der Waals surface area (Å²) >= 11 is 0. The normalized spacial score (nSPS) is 27.9. The third-order valence-corrected chi connectivity index (χ3v) is 11.0. The summed E-state index contributed by atoms with van der Waals surface area (Å²) in [6.07, 6.45) is 2.40. The number of benzene rings is 1. The Balaban J connectivity index is 2.18. The summed E-state index contributed by atoms with van der Waals surface area (Å²) in [4.78, 5) is 89.4. The summed E-state index contributed by atoms with van der Waals surface area (Å²) in [5, 5.41) is 2.91. The Labute approximate surface area is 316 Å². The number of nitrogens with one attached hydrogen (secondary N) is 1. The molecule has 1 aromatic carbocycles. The van der Waals surface area contributed by atoms with Crippen LogP contribution >= 0.6 is 0 Å². The van der Waals surface area contributed by atoms with Crippen LogP contribution in [0.1, 0.15) is 106 Å². The number of hydrogen-bond donors (Lipinski definition) is 1. The molecule has 2 saturated heterocycles. The molecular weight excluding hydrogens is 676 g/mol. The molecule has 0 bridgehead atoms. The number of cyclic esters (lactones) is 2. The molecule has 53 heavy (non-hydrogen) atoms. The molecule has 0 unspecified atom stereocenters. The maximum atomic E-state index is 14.5. The van der Waals surface area contributed by atoms with Gasteiger partial charge >= 0.3 is 11.9 Å². The first kappa shape index (κ1) is 43.4. The highest BCUT2D eigenvalue weighted by Crippen LogP contribution is 2.27. The zero-order chi connectivity index (χ0) is 39.6. The van der Waals surface area contributed by atoms with Crippen molar-refractivity contribution in [3.05, 3.63) is 35.9 Å². The Hall–Kier alpha value is -3.96. The first-order valence-electron chi connectivity index (χ1n) is 19.6. The van der Waals surface area contributed by atoms with Crippen molar-refractivity contribution in [2.75, 3.05) is 20.6 Å². The number of likely N-dealkylation sites (N-methyl/N-ethyl adjacent to an activating group) is 2. The van der Waals surface area contributed by atoms with Crippen molar-refractivity contribution in [2.24, 2.45) is 23.7 Å². The molecule has 3 rings (SSSR count). The lowest BCUT2D eigenvalue weighted by molar-refractivity contribution is -0.170. The lowest BCUT2D eigenvalue weighted by Crippen LogP contribution is -2.57. The predicted octanol–water partition coefficient (Wildman–Crippen LogP) is 4.77. The minimum Gasteiger partial charge on any atom is -0.460 e. The second-order valence-corrected chi connectivity index (χ2v) is 15.7. The number of unbranched alkanes of at least 4 members (excludes halogenated alkanes) is 2. The van der Waals surface area contributed by atoms with Crippen LogP contribution < -0.4 is 5.32 Å². The Bertz CT molecular complexity index is 1420. The number of carbonyl (C=O) groups excluding carboxylic acids is 6. The van der Waals surface area contributed by atoms with Crippen LogP contribution in [0.5, 0.6) is 0 Å². The smallest absolute Gasteiger partial charge is 0.329 e. The van der Waals surface area contributed by atoms with E-state index < -0.39 is 83.8 Å². The molecule has 0 aromatic heterocycles. The number of nitrogens with zero attached hydrogens (tertiary/aromatic N) is 3. The Morgan fingerprint density at radius 1 is 0.792 bits per heavy atom. The minimum atomic E-state index is -1.28. The molecular formula is C41H64N4O8. The molecule has 296 valence electrons. The Kier molecular flexibility index (Phi) is 16.3. The molecule has 8 atom stereocenters. The predicted molar refractivity (Wildman–Crippen MR) is 202 cm³/mol. The number of ether oxygens (including phenoxy) is 2. The van der Waals surface area contributed by atoms with E-state index in [1.807, 2.05) is 58.0 Å². The molecule has 2 fully saturated rings. The minimum absolute atomic E-state index is 0.0605. The van der Waals surface area contributed by atoms with E-state index in [0.29, 0.717) is 32.1 Å². The van der Waals surface area contributed by atoms with Crippen LogP contribution in [-0.4, -0.2) is 107 Å². The van der Waals surface area contributed by atoms with Crippen LogP contribution in [0.25, 0.3) is 0 Å². The highest BCUT2D eigenvalue weighted by atomic mass is 16.6. The molecule has 0 spiro atoms. The van der Waals surface area contributed by atoms with Gasteiger partial charge in [0, 0.05) is 27.1 Å². The molecule has 1 aromatic rings. The van der Waals surface area contributed by atoms with E-state index in [4.69, 9.17) is 9.47 Å². The first-order chi connectivity index (χ1) is 25.0. The zero-order valence-corrected chi connectivity index (χ0v) is 33.6. The number of carbonyl (C=O) groups is 6. The standard InChI is InChI=1S/C41H64N4O8/c1-11-13-15-22-31-28(8)36(46)42-33(25(3)4)39(49)43(9)34(26(5)6)40(50)53-32(24-29-19-16-14-17-20-29)38(48)45-23-18-21-30(45)37(47)44(10)35(27(7)12-2)41(51)52-31/h14,16-17,19-20,25-28,30-35H,11-13,15,18,21-24H2,1-10H3,(H,42,46)/t27-,28-,30-,31+,32-,33-,34-,35-/m0/s1. The number of amides is 4. The number of esters is 2. The van der Waals surface area contributed by atoms with Gasteiger partial charge in [-0.3, -0.25) is 19.2 Å². The van der Waals surface area contributed by atoms with Gasteiger partial charge in [-0.2, -0.15) is 0 Å². The van der Waals surface area contributed by atoms with E-state index in [-0.39, 0.29) is 24.8 Å². The molecule has 2 aliphatic heterocycles. The van der Waals surface area contributed by atoms with Crippen LogP contribution in [0, 0.1) is 23.7 Å².